The number of hydrogen-bond acceptors (Lipinski definition) is 4. The average Bonchev–Trinajstić information content (AvgIpc) is 2.47. The van der Waals surface area contributed by atoms with Crippen LogP contribution in [0.1, 0.15) is 39.0 Å². The number of nitrogens with zero attached hydrogens (tertiary/aromatic N) is 3. The van der Waals surface area contributed by atoms with Crippen LogP contribution in [0.25, 0.3) is 0 Å². The molecule has 0 aromatic carbocycles. The molecule has 0 spiro atoms. The van der Waals surface area contributed by atoms with Gasteiger partial charge in [0.1, 0.15) is 5.54 Å². The highest BCUT2D eigenvalue weighted by Gasteiger charge is 2.29. The van der Waals surface area contributed by atoms with E-state index in [0.29, 0.717) is 0 Å². The van der Waals surface area contributed by atoms with Gasteiger partial charge in [0, 0.05) is 25.7 Å². The van der Waals surface area contributed by atoms with Crippen molar-refractivity contribution in [3.8, 4) is 6.07 Å². The second-order valence-electron chi connectivity index (χ2n) is 6.28. The molecule has 108 valence electrons. The number of nitrogens with one attached hydrogen (secondary N) is 1. The van der Waals surface area contributed by atoms with E-state index in [0.717, 1.165) is 25.4 Å². The molecule has 2 rings (SSSR count). The summed E-state index contributed by atoms with van der Waals surface area (Å²) in [7, 11) is 1.88. The van der Waals surface area contributed by atoms with Gasteiger partial charge >= 0.3 is 0 Å². The van der Waals surface area contributed by atoms with Crippen molar-refractivity contribution >= 4 is 0 Å². The predicted octanol–water partition coefficient (Wildman–Crippen LogP) is 1.44. The smallest absolute Gasteiger partial charge is 0.103 e. The molecule has 0 bridgehead atoms. The van der Waals surface area contributed by atoms with Gasteiger partial charge in [-0.05, 0) is 52.7 Å². The molecule has 1 N–H and O–H groups in total. The Bertz CT molecular complexity index is 325. The van der Waals surface area contributed by atoms with Crippen LogP contribution < -0.4 is 5.32 Å². The van der Waals surface area contributed by atoms with Gasteiger partial charge in [-0.3, -0.25) is 4.90 Å². The molecule has 2 fully saturated rings. The molecule has 19 heavy (non-hydrogen) atoms. The molecule has 0 radical (unpaired) electrons. The first-order valence-electron chi connectivity index (χ1n) is 7.73. The molecule has 0 aliphatic carbocycles. The van der Waals surface area contributed by atoms with Crippen LogP contribution in [0.15, 0.2) is 0 Å². The van der Waals surface area contributed by atoms with Gasteiger partial charge < -0.3 is 10.2 Å². The number of nitriles is 1. The summed E-state index contributed by atoms with van der Waals surface area (Å²) in [6.45, 7) is 8.13. The van der Waals surface area contributed by atoms with Crippen molar-refractivity contribution in [1.82, 2.24) is 15.1 Å². The van der Waals surface area contributed by atoms with Crippen LogP contribution in [0.2, 0.25) is 0 Å². The molecule has 2 unspecified atom stereocenters. The standard InChI is InChI=1S/C15H28N4/c1-15(13-16,17-2)7-5-8-18-10-11-19-9-4-3-6-14(19)12-18/h14,17H,3-12H2,1-2H3. The first-order chi connectivity index (χ1) is 9.17. The van der Waals surface area contributed by atoms with Gasteiger partial charge in [-0.1, -0.05) is 6.42 Å². The fourth-order valence-electron chi connectivity index (χ4n) is 3.32. The van der Waals surface area contributed by atoms with E-state index in [1.54, 1.807) is 0 Å². The van der Waals surface area contributed by atoms with Crippen LogP contribution in [0.4, 0.5) is 0 Å². The number of piperazine rings is 1. The molecule has 0 amide bonds. The molecular formula is C15H28N4. The Hall–Kier alpha value is -0.630. The van der Waals surface area contributed by atoms with E-state index in [2.05, 4.69) is 21.2 Å². The maximum atomic E-state index is 9.14. The summed E-state index contributed by atoms with van der Waals surface area (Å²) < 4.78 is 0. The summed E-state index contributed by atoms with van der Waals surface area (Å²) in [6.07, 6.45) is 6.21. The third kappa shape index (κ3) is 3.92. The first-order valence-corrected chi connectivity index (χ1v) is 7.73. The van der Waals surface area contributed by atoms with E-state index in [1.807, 2.05) is 14.0 Å². The normalized spacial score (nSPS) is 28.4. The summed E-state index contributed by atoms with van der Waals surface area (Å²) in [5.41, 5.74) is -0.355. The van der Waals surface area contributed by atoms with Crippen molar-refractivity contribution in [1.29, 1.82) is 5.26 Å². The minimum absolute atomic E-state index is 0.355. The highest BCUT2D eigenvalue weighted by Crippen LogP contribution is 2.21. The Kier molecular flexibility index (Phi) is 5.20. The maximum absolute atomic E-state index is 9.14. The van der Waals surface area contributed by atoms with Crippen molar-refractivity contribution in [2.45, 2.75) is 50.6 Å². The number of rotatable bonds is 5. The first kappa shape index (κ1) is 14.8. The second kappa shape index (κ2) is 6.69. The molecule has 2 atom stereocenters. The molecule has 0 saturated carbocycles. The van der Waals surface area contributed by atoms with Gasteiger partial charge in [-0.15, -0.1) is 0 Å². The van der Waals surface area contributed by atoms with Crippen LogP contribution in [0, 0.1) is 11.3 Å². The van der Waals surface area contributed by atoms with Gasteiger partial charge in [-0.2, -0.15) is 5.26 Å². The third-order valence-electron chi connectivity index (χ3n) is 4.87. The number of piperidine rings is 1. The quantitative estimate of drug-likeness (QED) is 0.816. The zero-order valence-corrected chi connectivity index (χ0v) is 12.5. The summed E-state index contributed by atoms with van der Waals surface area (Å²) >= 11 is 0. The van der Waals surface area contributed by atoms with Crippen LogP contribution in [0.5, 0.6) is 0 Å². The van der Waals surface area contributed by atoms with Crippen molar-refractivity contribution in [2.75, 3.05) is 39.8 Å². The number of fused-ring (bicyclic) bond motifs is 1. The van der Waals surface area contributed by atoms with Crippen molar-refractivity contribution in [2.24, 2.45) is 0 Å². The Labute approximate surface area is 117 Å². The minimum Gasteiger partial charge on any atom is -0.303 e. The van der Waals surface area contributed by atoms with Gasteiger partial charge in [0.05, 0.1) is 6.07 Å². The highest BCUT2D eigenvalue weighted by molar-refractivity contribution is 5.02. The molecule has 2 heterocycles. The van der Waals surface area contributed by atoms with Crippen LogP contribution in [-0.4, -0.2) is 61.2 Å². The maximum Gasteiger partial charge on any atom is 0.103 e. The zero-order chi connectivity index (χ0) is 13.7. The SMILES string of the molecule is CNC(C)(C#N)CCCN1CCN2CCCCC2C1. The van der Waals surface area contributed by atoms with Gasteiger partial charge in [0.15, 0.2) is 0 Å². The molecule has 2 saturated heterocycles. The molecule has 0 aromatic rings. The van der Waals surface area contributed by atoms with Crippen molar-refractivity contribution in [3.63, 3.8) is 0 Å². The highest BCUT2D eigenvalue weighted by atomic mass is 15.3. The summed E-state index contributed by atoms with van der Waals surface area (Å²) in [5.74, 6) is 0. The van der Waals surface area contributed by atoms with E-state index in [-0.39, 0.29) is 5.54 Å². The Morgan fingerprint density at radius 3 is 2.89 bits per heavy atom. The minimum atomic E-state index is -0.355. The third-order valence-corrected chi connectivity index (χ3v) is 4.87. The molecule has 0 aromatic heterocycles. The summed E-state index contributed by atoms with van der Waals surface area (Å²) in [4.78, 5) is 5.27. The Morgan fingerprint density at radius 1 is 1.32 bits per heavy atom. The van der Waals surface area contributed by atoms with Gasteiger partial charge in [0.2, 0.25) is 0 Å². The van der Waals surface area contributed by atoms with Gasteiger partial charge in [-0.25, -0.2) is 0 Å². The van der Waals surface area contributed by atoms with E-state index < -0.39 is 0 Å². The lowest BCUT2D eigenvalue weighted by Crippen LogP contribution is -2.55. The largest absolute Gasteiger partial charge is 0.303 e. The van der Waals surface area contributed by atoms with Crippen LogP contribution in [-0.2, 0) is 0 Å². The van der Waals surface area contributed by atoms with Crippen molar-refractivity contribution in [3.05, 3.63) is 0 Å². The average molecular weight is 264 g/mol. The molecular weight excluding hydrogens is 236 g/mol. The lowest BCUT2D eigenvalue weighted by atomic mass is 9.96. The van der Waals surface area contributed by atoms with Crippen LogP contribution in [0.3, 0.4) is 0 Å². The molecule has 4 heteroatoms. The van der Waals surface area contributed by atoms with E-state index in [1.165, 1.54) is 45.4 Å². The summed E-state index contributed by atoms with van der Waals surface area (Å²) in [6, 6.07) is 3.17. The predicted molar refractivity (Wildman–Crippen MR) is 78.0 cm³/mol. The van der Waals surface area contributed by atoms with E-state index in [9.17, 15) is 0 Å². The van der Waals surface area contributed by atoms with E-state index >= 15 is 0 Å². The molecule has 2 aliphatic heterocycles. The fourth-order valence-corrected chi connectivity index (χ4v) is 3.32. The van der Waals surface area contributed by atoms with Crippen molar-refractivity contribution < 1.29 is 0 Å². The lowest BCUT2D eigenvalue weighted by molar-refractivity contribution is 0.0481. The molecule has 4 nitrogen and oxygen atoms in total. The van der Waals surface area contributed by atoms with E-state index in [4.69, 9.17) is 5.26 Å². The fraction of sp³-hybridized carbons (Fsp3) is 0.933. The molecule has 2 aliphatic rings. The van der Waals surface area contributed by atoms with Crippen LogP contribution >= 0.6 is 0 Å². The monoisotopic (exact) mass is 264 g/mol. The summed E-state index contributed by atoms with van der Waals surface area (Å²) in [5, 5.41) is 12.3. The zero-order valence-electron chi connectivity index (χ0n) is 12.5. The topological polar surface area (TPSA) is 42.3 Å². The van der Waals surface area contributed by atoms with Gasteiger partial charge in [0.25, 0.3) is 0 Å². The second-order valence-corrected chi connectivity index (χ2v) is 6.28. The Morgan fingerprint density at radius 2 is 2.16 bits per heavy atom. The lowest BCUT2D eigenvalue weighted by Gasteiger charge is -2.44. The number of hydrogen-bond donors (Lipinski definition) is 1. The Balaban J connectivity index is 1.71.